The van der Waals surface area contributed by atoms with Crippen molar-refractivity contribution in [3.8, 4) is 71.0 Å². The minimum atomic E-state index is -0.278. The van der Waals surface area contributed by atoms with E-state index in [9.17, 15) is 0 Å². The number of rotatable bonds is 9. The van der Waals surface area contributed by atoms with Gasteiger partial charge in [0.05, 0.1) is 28.8 Å². The van der Waals surface area contributed by atoms with Crippen molar-refractivity contribution in [3.63, 3.8) is 0 Å². The Labute approximate surface area is 480 Å². The van der Waals surface area contributed by atoms with Gasteiger partial charge in [0.1, 0.15) is 0 Å². The molecule has 5 aromatic carbocycles. The summed E-state index contributed by atoms with van der Waals surface area (Å²) in [6.45, 7) is 26.4. The molecule has 0 saturated heterocycles. The lowest BCUT2D eigenvalue weighted by Crippen LogP contribution is -2.10. The summed E-state index contributed by atoms with van der Waals surface area (Å²) < 4.78 is 0. The summed E-state index contributed by atoms with van der Waals surface area (Å²) >= 11 is 0. The van der Waals surface area contributed by atoms with E-state index in [1.165, 1.54) is 0 Å². The molecule has 394 valence electrons. The Balaban J connectivity index is 1.33. The SMILES string of the molecule is C=C(C)/C=C(C)\C=C\C#CC1=CC(/N=N/c2ccccc2)CC(C#CC2=CC(C#Cc3cc(/N=N/c4ccccc4)cc(C#CC(=C)/C=C(C)\C=C\C)c3C)=CC(C#Cc3cc(N=N)cc(C#Cc4cc(C)cc(C)c4)c3C)C2)=C1C. The quantitative estimate of drug-likeness (QED) is 0.0866. The van der Waals surface area contributed by atoms with Crippen LogP contribution in [0.25, 0.3) is 0 Å². The molecule has 2 atom stereocenters. The van der Waals surface area contributed by atoms with Crippen LogP contribution >= 0.6 is 0 Å². The lowest BCUT2D eigenvalue weighted by Gasteiger charge is -2.17. The second kappa shape index (κ2) is 28.9. The van der Waals surface area contributed by atoms with Crippen LogP contribution in [0.4, 0.5) is 22.7 Å². The zero-order chi connectivity index (χ0) is 57.7. The van der Waals surface area contributed by atoms with E-state index in [-0.39, 0.29) is 12.0 Å². The van der Waals surface area contributed by atoms with E-state index < -0.39 is 0 Å². The Morgan fingerprint density at radius 1 is 0.593 bits per heavy atom. The van der Waals surface area contributed by atoms with Crippen LogP contribution in [0.1, 0.15) is 97.5 Å². The molecule has 1 N–H and O–H groups in total. The molecule has 6 nitrogen and oxygen atoms in total. The summed E-state index contributed by atoms with van der Waals surface area (Å²) in [6, 6.07) is 32.9. The minimum absolute atomic E-state index is 0.271. The van der Waals surface area contributed by atoms with Crippen LogP contribution in [-0.2, 0) is 0 Å². The Hall–Kier alpha value is -10.3. The van der Waals surface area contributed by atoms with E-state index in [4.69, 9.17) is 10.6 Å². The Kier molecular flexibility index (Phi) is 20.8. The van der Waals surface area contributed by atoms with Gasteiger partial charge in [-0.05, 0) is 182 Å². The molecule has 0 saturated carbocycles. The highest BCUT2D eigenvalue weighted by Crippen LogP contribution is 2.30. The molecule has 0 amide bonds. The molecule has 0 fully saturated rings. The van der Waals surface area contributed by atoms with Crippen LogP contribution in [0.15, 0.2) is 247 Å². The highest BCUT2D eigenvalue weighted by atomic mass is 15.1. The van der Waals surface area contributed by atoms with E-state index >= 15 is 0 Å². The van der Waals surface area contributed by atoms with Crippen LogP contribution in [0.5, 0.6) is 0 Å². The number of nitrogens with zero attached hydrogens (tertiary/aromatic N) is 5. The van der Waals surface area contributed by atoms with Gasteiger partial charge >= 0.3 is 0 Å². The van der Waals surface area contributed by atoms with E-state index in [0.717, 1.165) is 106 Å². The van der Waals surface area contributed by atoms with Gasteiger partial charge in [0.2, 0.25) is 0 Å². The van der Waals surface area contributed by atoms with E-state index in [0.29, 0.717) is 29.8 Å². The Morgan fingerprint density at radius 3 is 1.85 bits per heavy atom. The molecule has 2 aliphatic carbocycles. The molecule has 6 heteroatoms. The summed E-state index contributed by atoms with van der Waals surface area (Å²) in [5, 5.41) is 22.3. The molecule has 0 heterocycles. The third-order valence-electron chi connectivity index (χ3n) is 12.8. The van der Waals surface area contributed by atoms with E-state index in [1.54, 1.807) is 0 Å². The summed E-state index contributed by atoms with van der Waals surface area (Å²) in [5.74, 6) is 40.7. The largest absolute Gasteiger partial charge is 0.204 e. The van der Waals surface area contributed by atoms with Gasteiger partial charge in [-0.2, -0.15) is 25.6 Å². The second-order valence-corrected chi connectivity index (χ2v) is 20.0. The van der Waals surface area contributed by atoms with Crippen LogP contribution < -0.4 is 0 Å². The van der Waals surface area contributed by atoms with Gasteiger partial charge in [-0.15, -0.1) is 0 Å². The fourth-order valence-electron chi connectivity index (χ4n) is 8.76. The number of aryl methyl sites for hydroxylation is 2. The molecule has 81 heavy (non-hydrogen) atoms. The van der Waals surface area contributed by atoms with Gasteiger partial charge in [0.25, 0.3) is 0 Å². The van der Waals surface area contributed by atoms with E-state index in [1.807, 2.05) is 163 Å². The van der Waals surface area contributed by atoms with Crippen molar-refractivity contribution < 1.29 is 0 Å². The van der Waals surface area contributed by atoms with Gasteiger partial charge in [0.15, 0.2) is 0 Å². The zero-order valence-corrected chi connectivity index (χ0v) is 47.7. The number of benzene rings is 5. The number of hydrogen-bond donors (Lipinski definition) is 1. The number of nitrogens with one attached hydrogen (secondary N) is 1. The topological polar surface area (TPSA) is 85.7 Å². The molecule has 2 unspecified atom stereocenters. The van der Waals surface area contributed by atoms with E-state index in [2.05, 4.69) is 162 Å². The van der Waals surface area contributed by atoms with Crippen LogP contribution in [-0.4, -0.2) is 6.04 Å². The Morgan fingerprint density at radius 2 is 1.20 bits per heavy atom. The first-order chi connectivity index (χ1) is 39.1. The first-order valence-corrected chi connectivity index (χ1v) is 26.7. The molecule has 2 aliphatic rings. The lowest BCUT2D eigenvalue weighted by molar-refractivity contribution is 0.751. The smallest absolute Gasteiger partial charge is 0.0954 e. The van der Waals surface area contributed by atoms with Crippen molar-refractivity contribution in [1.82, 2.24) is 0 Å². The molecular formula is C75H64N6. The molecule has 5 aromatic rings. The third kappa shape index (κ3) is 18.1. The monoisotopic (exact) mass is 1050 g/mol. The summed E-state index contributed by atoms with van der Waals surface area (Å²) in [4.78, 5) is 0. The number of allylic oxidation sites excluding steroid dienone is 16. The maximum Gasteiger partial charge on any atom is 0.0954 e. The molecule has 0 spiro atoms. The molecule has 0 aromatic heterocycles. The number of hydrogen-bond acceptors (Lipinski definition) is 6. The first-order valence-electron chi connectivity index (χ1n) is 26.7. The van der Waals surface area contributed by atoms with Crippen molar-refractivity contribution in [1.29, 1.82) is 5.53 Å². The Bertz CT molecular complexity index is 4030. The van der Waals surface area contributed by atoms with Crippen molar-refractivity contribution in [2.45, 2.75) is 81.2 Å². The lowest BCUT2D eigenvalue weighted by atomic mass is 9.88. The average Bonchev–Trinajstić information content (AvgIpc) is 3.50. The van der Waals surface area contributed by atoms with Gasteiger partial charge in [-0.1, -0.05) is 174 Å². The van der Waals surface area contributed by atoms with Crippen molar-refractivity contribution in [2.75, 3.05) is 0 Å². The first kappa shape index (κ1) is 58.3. The third-order valence-corrected chi connectivity index (χ3v) is 12.8. The maximum absolute atomic E-state index is 7.97. The normalized spacial score (nSPS) is 15.0. The molecule has 7 rings (SSSR count). The highest BCUT2D eigenvalue weighted by Gasteiger charge is 2.19. The highest BCUT2D eigenvalue weighted by molar-refractivity contribution is 5.65. The van der Waals surface area contributed by atoms with Gasteiger partial charge in [-0.3, -0.25) is 0 Å². The van der Waals surface area contributed by atoms with Gasteiger partial charge in [0, 0.05) is 68.0 Å². The van der Waals surface area contributed by atoms with Crippen molar-refractivity contribution in [2.24, 2.45) is 31.5 Å². The van der Waals surface area contributed by atoms with Gasteiger partial charge < -0.3 is 0 Å². The zero-order valence-electron chi connectivity index (χ0n) is 47.7. The van der Waals surface area contributed by atoms with Crippen LogP contribution in [0, 0.1) is 110 Å². The molecule has 0 radical (unpaired) electrons. The van der Waals surface area contributed by atoms with Gasteiger partial charge in [-0.25, -0.2) is 5.53 Å². The van der Waals surface area contributed by atoms with Crippen molar-refractivity contribution in [3.05, 3.63) is 271 Å². The summed E-state index contributed by atoms with van der Waals surface area (Å²) in [5.41, 5.74) is 26.8. The minimum Gasteiger partial charge on any atom is -0.204 e. The number of azo groups is 2. The van der Waals surface area contributed by atoms with Crippen molar-refractivity contribution >= 4 is 22.7 Å². The predicted molar refractivity (Wildman–Crippen MR) is 336 cm³/mol. The van der Waals surface area contributed by atoms with Crippen LogP contribution in [0.3, 0.4) is 0 Å². The average molecular weight is 1050 g/mol. The fourth-order valence-corrected chi connectivity index (χ4v) is 8.76. The predicted octanol–water partition coefficient (Wildman–Crippen LogP) is 19.0. The molecule has 0 aliphatic heterocycles. The molecular weight excluding hydrogens is 985 g/mol. The van der Waals surface area contributed by atoms with Crippen LogP contribution in [0.2, 0.25) is 0 Å². The summed E-state index contributed by atoms with van der Waals surface area (Å²) in [7, 11) is 0. The summed E-state index contributed by atoms with van der Waals surface area (Å²) in [6.07, 6.45) is 19.2. The molecule has 0 bridgehead atoms. The standard InChI is InChI=1S/C75H64N6/c1-12-21-53(4)39-55(6)28-33-66-49-75(81-79-72-26-17-14-18-27-72)51-70(59(66)10)37-32-64-44-62(30-35-68-47-73(77-76)46-67(60(68)11)34-29-61-41-56(7)40-57(8)42-61)43-63(45-64)31-36-69-50-74(80-78-71-24-15-13-16-25-71)48-65(58(69)9)23-20-19-22-54(5)38-52(2)3/h12-19,21-22,24-27,38-42,44-49,51,62,74,76H,2,6,43,50H2,1,3-5,7-11H3/b21-12+,22-19+,53-39-,54-38-,77-76?,80-78+,81-79+. The fraction of sp³-hybridized carbons (Fsp3) is 0.173. The second-order valence-electron chi connectivity index (χ2n) is 20.0. The maximum atomic E-state index is 7.97.